The van der Waals surface area contributed by atoms with Crippen molar-refractivity contribution in [1.29, 1.82) is 0 Å². The lowest BCUT2D eigenvalue weighted by Gasteiger charge is -2.08. The highest BCUT2D eigenvalue weighted by molar-refractivity contribution is 7.90. The molecular weight excluding hydrogens is 296 g/mol. The average Bonchev–Trinajstić information content (AvgIpc) is 2.78. The van der Waals surface area contributed by atoms with Crippen molar-refractivity contribution >= 4 is 27.6 Å². The number of rotatable bonds is 1. The van der Waals surface area contributed by atoms with E-state index in [1.807, 2.05) is 0 Å². The maximum atomic E-state index is 12.6. The van der Waals surface area contributed by atoms with Crippen LogP contribution in [0.1, 0.15) is 26.4 Å². The summed E-state index contributed by atoms with van der Waals surface area (Å²) in [5.74, 6) is -1.81. The molecule has 0 unspecified atom stereocenters. The van der Waals surface area contributed by atoms with Gasteiger partial charge in [0.2, 0.25) is 0 Å². The molecule has 2 aromatic rings. The molecule has 0 saturated heterocycles. The summed E-state index contributed by atoms with van der Waals surface area (Å²) in [5, 5.41) is 11.4. The Morgan fingerprint density at radius 1 is 1.29 bits per heavy atom. The van der Waals surface area contributed by atoms with Crippen LogP contribution in [0.5, 0.6) is 0 Å². The van der Waals surface area contributed by atoms with Gasteiger partial charge in [0.15, 0.2) is 0 Å². The van der Waals surface area contributed by atoms with Crippen molar-refractivity contribution in [3.05, 3.63) is 47.3 Å². The lowest BCUT2D eigenvalue weighted by molar-refractivity contribution is 0.0696. The summed E-state index contributed by atoms with van der Waals surface area (Å²) in [7, 11) is -3.95. The Balaban J connectivity index is 2.32. The molecule has 0 radical (unpaired) electrons. The summed E-state index contributed by atoms with van der Waals surface area (Å²) in [6.45, 7) is 1.68. The Morgan fingerprint density at radius 2 is 2.00 bits per heavy atom. The van der Waals surface area contributed by atoms with E-state index in [4.69, 9.17) is 5.11 Å². The first-order valence-corrected chi connectivity index (χ1v) is 7.38. The molecule has 3 rings (SSSR count). The maximum absolute atomic E-state index is 12.6. The lowest BCUT2D eigenvalue weighted by atomic mass is 10.2. The minimum absolute atomic E-state index is 0.0134. The second-order valence-electron chi connectivity index (χ2n) is 4.67. The van der Waals surface area contributed by atoms with Gasteiger partial charge in [0.1, 0.15) is 10.6 Å². The third-order valence-electron chi connectivity index (χ3n) is 3.17. The topological polar surface area (TPSA) is 105 Å². The quantitative estimate of drug-likeness (QED) is 0.826. The van der Waals surface area contributed by atoms with Crippen LogP contribution in [0.25, 0.3) is 0 Å². The number of aryl methyl sites for hydroxylation is 1. The molecular formula is C13H10N2O5S. The number of hydrogen-bond acceptors (Lipinski definition) is 4. The Bertz CT molecular complexity index is 895. The van der Waals surface area contributed by atoms with E-state index in [0.29, 0.717) is 5.56 Å². The summed E-state index contributed by atoms with van der Waals surface area (Å²) in [4.78, 5) is 22.9. The normalized spacial score (nSPS) is 15.6. The van der Waals surface area contributed by atoms with E-state index < -0.39 is 21.9 Å². The molecule has 21 heavy (non-hydrogen) atoms. The molecule has 0 aliphatic carbocycles. The van der Waals surface area contributed by atoms with E-state index >= 15 is 0 Å². The number of carboxylic acid groups (broad SMARTS) is 1. The van der Waals surface area contributed by atoms with Crippen LogP contribution in [0.3, 0.4) is 0 Å². The van der Waals surface area contributed by atoms with Gasteiger partial charge in [-0.2, -0.15) is 0 Å². The summed E-state index contributed by atoms with van der Waals surface area (Å²) < 4.78 is 26.1. The first kappa shape index (κ1) is 13.4. The summed E-state index contributed by atoms with van der Waals surface area (Å²) in [5.41, 5.74) is 0.475. The third kappa shape index (κ3) is 1.91. The summed E-state index contributed by atoms with van der Waals surface area (Å²) in [6.07, 6.45) is 1.35. The zero-order chi connectivity index (χ0) is 15.4. The number of nitrogens with zero attached hydrogens (tertiary/aromatic N) is 1. The predicted molar refractivity (Wildman–Crippen MR) is 73.1 cm³/mol. The van der Waals surface area contributed by atoms with E-state index in [0.717, 1.165) is 10.0 Å². The number of carbonyl (C=O) groups is 2. The van der Waals surface area contributed by atoms with Crippen molar-refractivity contribution < 1.29 is 23.1 Å². The Kier molecular flexibility index (Phi) is 2.67. The van der Waals surface area contributed by atoms with Gasteiger partial charge in [0, 0.05) is 6.20 Å². The van der Waals surface area contributed by atoms with Crippen molar-refractivity contribution in [1.82, 2.24) is 3.97 Å². The average molecular weight is 306 g/mol. The third-order valence-corrected chi connectivity index (χ3v) is 4.90. The van der Waals surface area contributed by atoms with E-state index in [1.165, 1.54) is 24.4 Å². The van der Waals surface area contributed by atoms with Crippen LogP contribution in [-0.2, 0) is 10.0 Å². The van der Waals surface area contributed by atoms with Gasteiger partial charge in [-0.05, 0) is 36.8 Å². The summed E-state index contributed by atoms with van der Waals surface area (Å²) >= 11 is 0. The van der Waals surface area contributed by atoms with Crippen molar-refractivity contribution in [2.45, 2.75) is 11.8 Å². The van der Waals surface area contributed by atoms with Crippen LogP contribution in [0.2, 0.25) is 0 Å². The number of aromatic carboxylic acids is 1. The molecule has 108 valence electrons. The SMILES string of the molecule is Cc1cc2n(c1)S(=O)(=O)c1ccc(C(=O)O)cc1NC2=O. The molecule has 0 atom stereocenters. The highest BCUT2D eigenvalue weighted by atomic mass is 32.2. The molecule has 1 aromatic carbocycles. The second kappa shape index (κ2) is 4.19. The fourth-order valence-electron chi connectivity index (χ4n) is 2.21. The smallest absolute Gasteiger partial charge is 0.335 e. The van der Waals surface area contributed by atoms with Crippen LogP contribution in [0, 0.1) is 6.92 Å². The minimum Gasteiger partial charge on any atom is -0.478 e. The van der Waals surface area contributed by atoms with Crippen LogP contribution in [0.4, 0.5) is 5.69 Å². The second-order valence-corrected chi connectivity index (χ2v) is 6.46. The predicted octanol–water partition coefficient (Wildman–Crippen LogP) is 1.30. The number of benzene rings is 1. The zero-order valence-electron chi connectivity index (χ0n) is 10.8. The fraction of sp³-hybridized carbons (Fsp3) is 0.0769. The highest BCUT2D eigenvalue weighted by Crippen LogP contribution is 2.30. The standard InChI is InChI=1S/C13H10N2O5S/c1-7-4-10-12(16)14-9-5-8(13(17)18)2-3-11(9)21(19,20)15(10)6-7/h2-6H,1H3,(H,14,16)(H,17,18). The van der Waals surface area contributed by atoms with Gasteiger partial charge in [0.25, 0.3) is 15.9 Å². The first-order chi connectivity index (χ1) is 9.80. The van der Waals surface area contributed by atoms with Gasteiger partial charge in [-0.3, -0.25) is 4.79 Å². The van der Waals surface area contributed by atoms with Crippen LogP contribution < -0.4 is 5.32 Å². The number of fused-ring (bicyclic) bond motifs is 2. The van der Waals surface area contributed by atoms with Gasteiger partial charge in [0.05, 0.1) is 11.3 Å². The zero-order valence-corrected chi connectivity index (χ0v) is 11.6. The number of hydrogen-bond donors (Lipinski definition) is 2. The maximum Gasteiger partial charge on any atom is 0.335 e. The lowest BCUT2D eigenvalue weighted by Crippen LogP contribution is -2.16. The molecule has 0 spiro atoms. The van der Waals surface area contributed by atoms with Crippen molar-refractivity contribution in [3.63, 3.8) is 0 Å². The van der Waals surface area contributed by atoms with Crippen molar-refractivity contribution in [2.75, 3.05) is 5.32 Å². The fourth-order valence-corrected chi connectivity index (χ4v) is 3.75. The molecule has 0 bridgehead atoms. The molecule has 1 aliphatic heterocycles. The van der Waals surface area contributed by atoms with E-state index in [1.54, 1.807) is 6.92 Å². The Hall–Kier alpha value is -2.61. The van der Waals surface area contributed by atoms with Gasteiger partial charge in [-0.1, -0.05) is 0 Å². The van der Waals surface area contributed by atoms with Gasteiger partial charge in [-0.25, -0.2) is 17.2 Å². The van der Waals surface area contributed by atoms with Crippen LogP contribution in [-0.4, -0.2) is 29.4 Å². The van der Waals surface area contributed by atoms with E-state index in [2.05, 4.69) is 5.32 Å². The molecule has 0 saturated carbocycles. The van der Waals surface area contributed by atoms with Crippen LogP contribution in [0.15, 0.2) is 35.4 Å². The molecule has 7 nitrogen and oxygen atoms in total. The van der Waals surface area contributed by atoms with Gasteiger partial charge >= 0.3 is 5.97 Å². The monoisotopic (exact) mass is 306 g/mol. The first-order valence-electron chi connectivity index (χ1n) is 5.94. The molecule has 1 aromatic heterocycles. The number of carboxylic acids is 1. The number of carbonyl (C=O) groups excluding carboxylic acids is 1. The molecule has 1 aliphatic rings. The number of amides is 1. The van der Waals surface area contributed by atoms with Crippen molar-refractivity contribution in [2.24, 2.45) is 0 Å². The molecule has 1 amide bonds. The van der Waals surface area contributed by atoms with Gasteiger partial charge in [-0.15, -0.1) is 0 Å². The number of aromatic nitrogens is 1. The number of nitrogens with one attached hydrogen (secondary N) is 1. The van der Waals surface area contributed by atoms with Gasteiger partial charge < -0.3 is 10.4 Å². The molecule has 8 heteroatoms. The molecule has 2 heterocycles. The van der Waals surface area contributed by atoms with E-state index in [-0.39, 0.29) is 21.8 Å². The van der Waals surface area contributed by atoms with Crippen molar-refractivity contribution in [3.8, 4) is 0 Å². The highest BCUT2D eigenvalue weighted by Gasteiger charge is 2.31. The summed E-state index contributed by atoms with van der Waals surface area (Å²) in [6, 6.07) is 4.95. The molecule has 2 N–H and O–H groups in total. The minimum atomic E-state index is -3.95. The largest absolute Gasteiger partial charge is 0.478 e. The van der Waals surface area contributed by atoms with Crippen LogP contribution >= 0.6 is 0 Å². The molecule has 0 fully saturated rings. The Labute approximate surface area is 119 Å². The Morgan fingerprint density at radius 3 is 2.67 bits per heavy atom. The number of anilines is 1. The van der Waals surface area contributed by atoms with E-state index in [9.17, 15) is 18.0 Å².